The van der Waals surface area contributed by atoms with Crippen LogP contribution in [0.5, 0.6) is 0 Å². The largest absolute Gasteiger partial charge is 2.00 e. The summed E-state index contributed by atoms with van der Waals surface area (Å²) in [5.74, 6) is 0. The van der Waals surface area contributed by atoms with Crippen molar-refractivity contribution in [3.05, 3.63) is 24.3 Å². The van der Waals surface area contributed by atoms with Gasteiger partial charge < -0.3 is 33.9 Å². The quantitative estimate of drug-likeness (QED) is 0.337. The van der Waals surface area contributed by atoms with E-state index in [0.717, 1.165) is 0 Å². The minimum atomic E-state index is 0. The predicted molar refractivity (Wildman–Crippen MR) is 61.3 cm³/mol. The second-order valence-electron chi connectivity index (χ2n) is 1.87. The van der Waals surface area contributed by atoms with Gasteiger partial charge in [0.15, 0.2) is 0 Å². The van der Waals surface area contributed by atoms with E-state index in [-0.39, 0.29) is 143 Å². The summed E-state index contributed by atoms with van der Waals surface area (Å²) in [4.78, 5) is 16.9. The summed E-state index contributed by atoms with van der Waals surface area (Å²) in [5.41, 5.74) is 11.1. The summed E-state index contributed by atoms with van der Waals surface area (Å²) in [6, 6.07) is 0. The van der Waals surface area contributed by atoms with Crippen molar-refractivity contribution in [2.45, 2.75) is 40.5 Å². The van der Waals surface area contributed by atoms with Crippen LogP contribution in [0.4, 0.5) is 0 Å². The number of amides is 2. The summed E-state index contributed by atoms with van der Waals surface area (Å²) in [7, 11) is 0. The van der Waals surface area contributed by atoms with Crippen LogP contribution in [0, 0.1) is 12.8 Å². The Morgan fingerprint density at radius 3 is 0.800 bits per heavy atom. The molecule has 0 aliphatic rings. The molecule has 2 N–H and O–H groups in total. The number of hydrogen-bond donors (Lipinski definition) is 0. The van der Waals surface area contributed by atoms with Crippen LogP contribution < -0.4 is 0 Å². The van der Waals surface area contributed by atoms with Crippen LogP contribution in [-0.4, -0.2) is 12.8 Å². The van der Waals surface area contributed by atoms with E-state index in [4.69, 9.17) is 21.1 Å². The first-order valence-electron chi connectivity index (χ1n) is 4.43. The normalized spacial score (nSPS) is 4.20. The Balaban J connectivity index is -0.00000000763. The van der Waals surface area contributed by atoms with E-state index < -0.39 is 0 Å². The van der Waals surface area contributed by atoms with Gasteiger partial charge in [-0.25, -0.2) is 0 Å². The first-order chi connectivity index (χ1) is 6.66. The van der Waals surface area contributed by atoms with Gasteiger partial charge >= 0.3 is 21.7 Å². The van der Waals surface area contributed by atoms with Gasteiger partial charge in [0.1, 0.15) is 0 Å². The number of hydrogen-bond acceptors (Lipinski definition) is 2. The van der Waals surface area contributed by atoms with Crippen LogP contribution in [0.3, 0.4) is 0 Å². The maximum absolute atomic E-state index is 8.47. The van der Waals surface area contributed by atoms with Gasteiger partial charge in [0.25, 0.3) is 0 Å². The summed E-state index contributed by atoms with van der Waals surface area (Å²) < 4.78 is 0. The standard InChI is InChI=1S/2C4H9.2CH3NO.6Ti/c2*1-3-4-2;2*2-1-3;;;;;;/h2*3H,4H2,1-2H3;2*1H,(H2,2,3);;;;;;/q2*-1;;;;;;;;+2/p-2. The molecule has 0 radical (unpaired) electrons. The van der Waals surface area contributed by atoms with Crippen LogP contribution >= 0.6 is 0 Å². The van der Waals surface area contributed by atoms with Gasteiger partial charge in [0.05, 0.1) is 0 Å². The third kappa shape index (κ3) is 318. The van der Waals surface area contributed by atoms with Gasteiger partial charge in [-0.05, 0) is 0 Å². The maximum Gasteiger partial charge on any atom is 2.00 e. The minimum Gasteiger partial charge on any atom is -0.671 e. The molecule has 0 bridgehead atoms. The second-order valence-corrected chi connectivity index (χ2v) is 1.87. The molecule has 0 heterocycles. The van der Waals surface area contributed by atoms with Crippen LogP contribution in [-0.2, 0) is 140 Å². The van der Waals surface area contributed by atoms with Crippen molar-refractivity contribution < 1.29 is 140 Å². The molecule has 2 amide bonds. The van der Waals surface area contributed by atoms with Crippen molar-refractivity contribution in [1.82, 2.24) is 0 Å². The van der Waals surface area contributed by atoms with Crippen LogP contribution in [0.1, 0.15) is 40.5 Å². The number of nitrogens with one attached hydrogen (secondary N) is 2. The van der Waals surface area contributed by atoms with E-state index >= 15 is 0 Å². The average molecular weight is 490 g/mol. The summed E-state index contributed by atoms with van der Waals surface area (Å²) in [5, 5.41) is 0. The molecule has 110 valence electrons. The van der Waals surface area contributed by atoms with Crippen LogP contribution in [0.15, 0.2) is 0 Å². The fraction of sp³-hybridized carbons (Fsp3) is 0.600. The third-order valence-corrected chi connectivity index (χ3v) is 0.816. The average Bonchev–Trinajstić information content (AvgIpc) is 2.20. The molecule has 0 unspecified atom stereocenters. The smallest absolute Gasteiger partial charge is 0.671 e. The molecular weight excluding hydrogens is 467 g/mol. The van der Waals surface area contributed by atoms with Crippen molar-refractivity contribution in [1.29, 1.82) is 0 Å². The molecule has 0 aromatic heterocycles. The van der Waals surface area contributed by atoms with Crippen molar-refractivity contribution in [3.8, 4) is 0 Å². The van der Waals surface area contributed by atoms with E-state index in [1.165, 1.54) is 12.8 Å². The molecule has 0 saturated heterocycles. The minimum absolute atomic E-state index is 0. The second kappa shape index (κ2) is 118. The fourth-order valence-electron chi connectivity index (χ4n) is 0. The van der Waals surface area contributed by atoms with Gasteiger partial charge in [0, 0.05) is 121 Å². The molecule has 0 fully saturated rings. The molecule has 0 atom stereocenters. The zero-order chi connectivity index (χ0) is 12.2. The van der Waals surface area contributed by atoms with Gasteiger partial charge in [-0.3, -0.25) is 0 Å². The number of rotatable bonds is 2. The number of unbranched alkanes of at least 4 members (excludes halogenated alkanes) is 2. The van der Waals surface area contributed by atoms with Crippen molar-refractivity contribution in [3.63, 3.8) is 0 Å². The summed E-state index contributed by atoms with van der Waals surface area (Å²) in [6.07, 6.45) is 6.64. The van der Waals surface area contributed by atoms with E-state index in [1.54, 1.807) is 0 Å². The molecule has 0 aromatic carbocycles. The van der Waals surface area contributed by atoms with Crippen molar-refractivity contribution >= 4 is 12.8 Å². The fourth-order valence-corrected chi connectivity index (χ4v) is 0. The molecule has 20 heavy (non-hydrogen) atoms. The zero-order valence-corrected chi connectivity index (χ0v) is 21.9. The van der Waals surface area contributed by atoms with Gasteiger partial charge in [-0.1, -0.05) is 13.8 Å². The molecule has 0 aliphatic heterocycles. The Hall–Kier alpha value is 3.23. The van der Waals surface area contributed by atoms with E-state index in [0.29, 0.717) is 0 Å². The molecule has 0 spiro atoms. The number of carbonyl (C=O) groups is 2. The van der Waals surface area contributed by atoms with Crippen molar-refractivity contribution in [2.75, 3.05) is 0 Å². The topological polar surface area (TPSA) is 81.7 Å². The Labute approximate surface area is 214 Å². The molecular formula is C10H22N2O2Ti6-2. The number of carbonyl (C=O) groups excluding carboxylic acids is 2. The summed E-state index contributed by atoms with van der Waals surface area (Å²) in [6.45, 7) is 8.36. The van der Waals surface area contributed by atoms with Gasteiger partial charge in [0.2, 0.25) is 0 Å². The molecule has 0 rings (SSSR count). The SMILES string of the molecule is C[CH-]CC.C[CH-]CC.[NH-]C=O.[NH-]C=O.[Ti+2].[Ti].[Ti].[Ti].[Ti].[Ti]. The molecule has 0 saturated carbocycles. The Bertz CT molecular complexity index is 82.1. The Kier molecular flexibility index (Phi) is 386. The molecule has 4 nitrogen and oxygen atoms in total. The predicted octanol–water partition coefficient (Wildman–Crippen LogP) is 3.62. The maximum atomic E-state index is 8.47. The summed E-state index contributed by atoms with van der Waals surface area (Å²) >= 11 is 0. The van der Waals surface area contributed by atoms with E-state index in [9.17, 15) is 0 Å². The zero-order valence-electron chi connectivity index (χ0n) is 12.5. The van der Waals surface area contributed by atoms with E-state index in [1.807, 2.05) is 0 Å². The molecule has 0 aliphatic carbocycles. The molecule has 0 aromatic rings. The first-order valence-corrected chi connectivity index (χ1v) is 4.43. The third-order valence-electron chi connectivity index (χ3n) is 0.816. The van der Waals surface area contributed by atoms with Gasteiger partial charge in [-0.2, -0.15) is 26.7 Å². The van der Waals surface area contributed by atoms with Gasteiger partial charge in [-0.15, -0.1) is 0 Å². The van der Waals surface area contributed by atoms with Crippen molar-refractivity contribution in [2.24, 2.45) is 0 Å². The van der Waals surface area contributed by atoms with Crippen LogP contribution in [0.2, 0.25) is 0 Å². The molecule has 10 heteroatoms. The monoisotopic (exact) mass is 490 g/mol. The Morgan fingerprint density at radius 1 is 0.750 bits per heavy atom. The first kappa shape index (κ1) is 65.6. The van der Waals surface area contributed by atoms with E-state index in [2.05, 4.69) is 40.5 Å². The Morgan fingerprint density at radius 2 is 0.800 bits per heavy atom. The van der Waals surface area contributed by atoms with Crippen LogP contribution in [0.25, 0.3) is 11.5 Å².